The lowest BCUT2D eigenvalue weighted by molar-refractivity contribution is -0.127. The van der Waals surface area contributed by atoms with Gasteiger partial charge in [0.1, 0.15) is 18.1 Å². The molecule has 2 amide bonds. The summed E-state index contributed by atoms with van der Waals surface area (Å²) < 4.78 is 7.29. The van der Waals surface area contributed by atoms with Gasteiger partial charge in [0.05, 0.1) is 11.6 Å². The Balaban J connectivity index is 1.50. The molecule has 1 aliphatic heterocycles. The Hall–Kier alpha value is -3.56. The number of amides is 2. The molecule has 0 unspecified atom stereocenters. The van der Waals surface area contributed by atoms with Crippen LogP contribution in [0.1, 0.15) is 49.1 Å². The van der Waals surface area contributed by atoms with Gasteiger partial charge in [-0.2, -0.15) is 0 Å². The highest BCUT2D eigenvalue weighted by Crippen LogP contribution is 2.32. The zero-order valence-electron chi connectivity index (χ0n) is 21.0. The number of nitrogens with zero attached hydrogens (tertiary/aromatic N) is 4. The summed E-state index contributed by atoms with van der Waals surface area (Å²) in [6.45, 7) is 5.34. The van der Waals surface area contributed by atoms with E-state index in [2.05, 4.69) is 29.5 Å². The molecule has 0 radical (unpaired) electrons. The second-order valence-corrected chi connectivity index (χ2v) is 10.5. The van der Waals surface area contributed by atoms with Gasteiger partial charge in [-0.3, -0.25) is 14.5 Å². The summed E-state index contributed by atoms with van der Waals surface area (Å²) in [6, 6.07) is 18.4. The molecular formula is C28H31N5O3S. The van der Waals surface area contributed by atoms with Crippen molar-refractivity contribution in [3.8, 4) is 0 Å². The minimum absolute atomic E-state index is 0.00363. The number of nitrogens with one attached hydrogen (secondary N) is 1. The third-order valence-electron chi connectivity index (χ3n) is 6.66. The molecule has 9 heteroatoms. The fourth-order valence-corrected chi connectivity index (χ4v) is 5.45. The van der Waals surface area contributed by atoms with E-state index < -0.39 is 6.04 Å². The highest BCUT2D eigenvalue weighted by molar-refractivity contribution is 7.10. The number of para-hydroxylation sites is 1. The smallest absolute Gasteiger partial charge is 0.249 e. The van der Waals surface area contributed by atoms with Crippen molar-refractivity contribution < 1.29 is 14.3 Å². The van der Waals surface area contributed by atoms with E-state index in [0.717, 1.165) is 28.8 Å². The fourth-order valence-electron chi connectivity index (χ4n) is 4.63. The number of hydrogen-bond acceptors (Lipinski definition) is 6. The Morgan fingerprint density at radius 1 is 1.14 bits per heavy atom. The molecule has 2 atom stereocenters. The van der Waals surface area contributed by atoms with Crippen LogP contribution in [0.15, 0.2) is 66.0 Å². The summed E-state index contributed by atoms with van der Waals surface area (Å²) in [5.74, 6) is -0.135. The molecule has 37 heavy (non-hydrogen) atoms. The monoisotopic (exact) mass is 517 g/mol. The number of ether oxygens (including phenoxy) is 1. The van der Waals surface area contributed by atoms with Crippen LogP contribution in [0, 0.1) is 0 Å². The molecule has 5 rings (SSSR count). The maximum atomic E-state index is 14.0. The summed E-state index contributed by atoms with van der Waals surface area (Å²) in [4.78, 5) is 30.1. The molecule has 2 aromatic carbocycles. The number of benzene rings is 2. The Morgan fingerprint density at radius 3 is 2.65 bits per heavy atom. The first kappa shape index (κ1) is 25.1. The highest BCUT2D eigenvalue weighted by atomic mass is 32.1. The predicted molar refractivity (Wildman–Crippen MR) is 145 cm³/mol. The van der Waals surface area contributed by atoms with Crippen LogP contribution in [0.5, 0.6) is 0 Å². The van der Waals surface area contributed by atoms with Gasteiger partial charge in [0, 0.05) is 23.7 Å². The molecule has 1 saturated heterocycles. The lowest BCUT2D eigenvalue weighted by Crippen LogP contribution is -2.46. The molecule has 0 spiro atoms. The molecule has 1 fully saturated rings. The Kier molecular flexibility index (Phi) is 7.62. The van der Waals surface area contributed by atoms with E-state index in [0.29, 0.717) is 30.3 Å². The number of aromatic nitrogens is 3. The number of rotatable bonds is 9. The quantitative estimate of drug-likeness (QED) is 0.348. The Bertz CT molecular complexity index is 1340. The molecule has 4 aromatic rings. The van der Waals surface area contributed by atoms with E-state index in [1.54, 1.807) is 9.58 Å². The van der Waals surface area contributed by atoms with Crippen LogP contribution in [-0.2, 0) is 20.9 Å². The standard InChI is InChI=1S/C28H31N5O3S/c1-19(2)20-11-13-21(14-12-20)33(26(34)18-32-24-9-4-3-8-23(24)30-31-32)27(25-10-6-16-37-25)28(35)29-17-22-7-5-15-36-22/h3-4,6,8-14,16,19,22,27H,5,7,15,17-18H2,1-2H3,(H,29,35)/t22-,27+/m0/s1. The normalized spacial score (nSPS) is 16.2. The first-order valence-electron chi connectivity index (χ1n) is 12.6. The van der Waals surface area contributed by atoms with Gasteiger partial charge in [-0.05, 0) is 60.0 Å². The van der Waals surface area contributed by atoms with Gasteiger partial charge in [-0.25, -0.2) is 4.68 Å². The van der Waals surface area contributed by atoms with Crippen molar-refractivity contribution in [1.29, 1.82) is 0 Å². The average molecular weight is 518 g/mol. The van der Waals surface area contributed by atoms with E-state index >= 15 is 0 Å². The van der Waals surface area contributed by atoms with Crippen LogP contribution >= 0.6 is 11.3 Å². The second kappa shape index (κ2) is 11.2. The van der Waals surface area contributed by atoms with E-state index in [9.17, 15) is 9.59 Å². The third-order valence-corrected chi connectivity index (χ3v) is 7.58. The van der Waals surface area contributed by atoms with Crippen molar-refractivity contribution in [3.63, 3.8) is 0 Å². The average Bonchev–Trinajstić information content (AvgIpc) is 3.69. The van der Waals surface area contributed by atoms with Crippen molar-refractivity contribution in [1.82, 2.24) is 20.3 Å². The molecule has 3 heterocycles. The van der Waals surface area contributed by atoms with Gasteiger partial charge in [0.2, 0.25) is 11.8 Å². The molecule has 0 saturated carbocycles. The van der Waals surface area contributed by atoms with Gasteiger partial charge < -0.3 is 10.1 Å². The van der Waals surface area contributed by atoms with E-state index in [1.807, 2.05) is 66.0 Å². The summed E-state index contributed by atoms with van der Waals surface area (Å²) in [5, 5.41) is 13.4. The van der Waals surface area contributed by atoms with Crippen LogP contribution in [0.25, 0.3) is 11.0 Å². The Morgan fingerprint density at radius 2 is 1.95 bits per heavy atom. The third kappa shape index (κ3) is 5.57. The maximum Gasteiger partial charge on any atom is 0.249 e. The lowest BCUT2D eigenvalue weighted by atomic mass is 10.0. The minimum atomic E-state index is -0.825. The number of carbonyl (C=O) groups excluding carboxylic acids is 2. The Labute approximate surface area is 220 Å². The molecule has 2 aromatic heterocycles. The largest absolute Gasteiger partial charge is 0.376 e. The van der Waals surface area contributed by atoms with Crippen LogP contribution < -0.4 is 10.2 Å². The number of carbonyl (C=O) groups is 2. The van der Waals surface area contributed by atoms with Crippen LogP contribution in [-0.4, -0.2) is 46.1 Å². The molecular weight excluding hydrogens is 486 g/mol. The second-order valence-electron chi connectivity index (χ2n) is 9.54. The van der Waals surface area contributed by atoms with Crippen molar-refractivity contribution in [2.24, 2.45) is 0 Å². The van der Waals surface area contributed by atoms with Gasteiger partial charge in [-0.15, -0.1) is 16.4 Å². The molecule has 8 nitrogen and oxygen atoms in total. The summed E-state index contributed by atoms with van der Waals surface area (Å²) in [7, 11) is 0. The van der Waals surface area contributed by atoms with Crippen molar-refractivity contribution in [2.75, 3.05) is 18.1 Å². The van der Waals surface area contributed by atoms with Crippen molar-refractivity contribution in [3.05, 3.63) is 76.5 Å². The highest BCUT2D eigenvalue weighted by Gasteiger charge is 2.34. The van der Waals surface area contributed by atoms with E-state index in [-0.39, 0.29) is 24.5 Å². The molecule has 0 bridgehead atoms. The zero-order valence-corrected chi connectivity index (χ0v) is 21.9. The van der Waals surface area contributed by atoms with Gasteiger partial charge >= 0.3 is 0 Å². The zero-order chi connectivity index (χ0) is 25.8. The van der Waals surface area contributed by atoms with E-state index in [1.165, 1.54) is 11.3 Å². The maximum absolute atomic E-state index is 14.0. The number of thiophene rings is 1. The summed E-state index contributed by atoms with van der Waals surface area (Å²) in [5.41, 5.74) is 3.30. The van der Waals surface area contributed by atoms with Crippen molar-refractivity contribution in [2.45, 2.75) is 51.3 Å². The SMILES string of the molecule is CC(C)c1ccc(N(C(=O)Cn2nnc3ccccc32)[C@@H](C(=O)NC[C@@H]2CCCO2)c2cccs2)cc1. The molecule has 192 valence electrons. The van der Waals surface area contributed by atoms with Crippen LogP contribution in [0.4, 0.5) is 5.69 Å². The number of hydrogen-bond donors (Lipinski definition) is 1. The molecule has 1 N–H and O–H groups in total. The topological polar surface area (TPSA) is 89.4 Å². The molecule has 0 aliphatic carbocycles. The molecule has 1 aliphatic rings. The minimum Gasteiger partial charge on any atom is -0.376 e. The summed E-state index contributed by atoms with van der Waals surface area (Å²) in [6.07, 6.45) is 1.92. The predicted octanol–water partition coefficient (Wildman–Crippen LogP) is 4.69. The fraction of sp³-hybridized carbons (Fsp3) is 0.357. The van der Waals surface area contributed by atoms with Crippen LogP contribution in [0.3, 0.4) is 0 Å². The van der Waals surface area contributed by atoms with Gasteiger partial charge in [0.15, 0.2) is 0 Å². The number of fused-ring (bicyclic) bond motifs is 1. The lowest BCUT2D eigenvalue weighted by Gasteiger charge is -2.31. The van der Waals surface area contributed by atoms with Gasteiger partial charge in [0.25, 0.3) is 0 Å². The van der Waals surface area contributed by atoms with Crippen LogP contribution in [0.2, 0.25) is 0 Å². The number of anilines is 1. The first-order valence-corrected chi connectivity index (χ1v) is 13.5. The van der Waals surface area contributed by atoms with Crippen molar-refractivity contribution >= 4 is 39.9 Å². The van der Waals surface area contributed by atoms with Gasteiger partial charge in [-0.1, -0.05) is 49.4 Å². The summed E-state index contributed by atoms with van der Waals surface area (Å²) >= 11 is 1.46. The van der Waals surface area contributed by atoms with E-state index in [4.69, 9.17) is 4.74 Å². The first-order chi connectivity index (χ1) is 18.0.